The monoisotopic (exact) mass is 203 g/mol. The van der Waals surface area contributed by atoms with Gasteiger partial charge in [0, 0.05) is 6.61 Å². The number of piperidine rings is 1. The SMILES string of the molecule is CCSCCCOC1CCNCC1. The lowest BCUT2D eigenvalue weighted by Gasteiger charge is -2.22. The Labute approximate surface area is 85.8 Å². The van der Waals surface area contributed by atoms with Crippen LogP contribution in [0.3, 0.4) is 0 Å². The van der Waals surface area contributed by atoms with Gasteiger partial charge in [0.25, 0.3) is 0 Å². The van der Waals surface area contributed by atoms with Crippen molar-refractivity contribution in [1.82, 2.24) is 5.32 Å². The molecule has 0 amide bonds. The van der Waals surface area contributed by atoms with E-state index < -0.39 is 0 Å². The van der Waals surface area contributed by atoms with Gasteiger partial charge in [0.2, 0.25) is 0 Å². The van der Waals surface area contributed by atoms with E-state index in [1.165, 1.54) is 30.8 Å². The van der Waals surface area contributed by atoms with Crippen LogP contribution in [0.15, 0.2) is 0 Å². The number of hydrogen-bond acceptors (Lipinski definition) is 3. The standard InChI is InChI=1S/C10H21NOS/c1-2-13-9-3-8-12-10-4-6-11-7-5-10/h10-11H,2-9H2,1H3. The Morgan fingerprint density at radius 1 is 1.38 bits per heavy atom. The third kappa shape index (κ3) is 5.55. The molecule has 3 heteroatoms. The van der Waals surface area contributed by atoms with Gasteiger partial charge in [-0.15, -0.1) is 0 Å². The predicted octanol–water partition coefficient (Wildman–Crippen LogP) is 1.90. The molecule has 0 aromatic heterocycles. The van der Waals surface area contributed by atoms with Gasteiger partial charge in [-0.05, 0) is 43.9 Å². The van der Waals surface area contributed by atoms with Gasteiger partial charge in [-0.3, -0.25) is 0 Å². The average Bonchev–Trinajstić information content (AvgIpc) is 2.19. The molecule has 1 aliphatic heterocycles. The first-order valence-electron chi connectivity index (χ1n) is 5.33. The fourth-order valence-electron chi connectivity index (χ4n) is 1.52. The molecule has 0 atom stereocenters. The van der Waals surface area contributed by atoms with Gasteiger partial charge in [0.05, 0.1) is 6.10 Å². The van der Waals surface area contributed by atoms with Crippen molar-refractivity contribution in [3.63, 3.8) is 0 Å². The van der Waals surface area contributed by atoms with E-state index in [9.17, 15) is 0 Å². The summed E-state index contributed by atoms with van der Waals surface area (Å²) in [7, 11) is 0. The molecule has 0 aromatic carbocycles. The zero-order valence-corrected chi connectivity index (χ0v) is 9.37. The van der Waals surface area contributed by atoms with Crippen LogP contribution in [-0.4, -0.2) is 37.3 Å². The highest BCUT2D eigenvalue weighted by molar-refractivity contribution is 7.99. The zero-order chi connectivity index (χ0) is 9.36. The molecule has 78 valence electrons. The topological polar surface area (TPSA) is 21.3 Å². The van der Waals surface area contributed by atoms with Gasteiger partial charge < -0.3 is 10.1 Å². The normalized spacial score (nSPS) is 19.2. The largest absolute Gasteiger partial charge is 0.378 e. The van der Waals surface area contributed by atoms with Crippen LogP contribution in [0.1, 0.15) is 26.2 Å². The fraction of sp³-hybridized carbons (Fsp3) is 1.00. The van der Waals surface area contributed by atoms with E-state index in [0.717, 1.165) is 19.7 Å². The summed E-state index contributed by atoms with van der Waals surface area (Å²) in [6.45, 7) is 5.43. The van der Waals surface area contributed by atoms with Crippen LogP contribution >= 0.6 is 11.8 Å². The first-order valence-corrected chi connectivity index (χ1v) is 6.49. The van der Waals surface area contributed by atoms with Crippen LogP contribution in [0, 0.1) is 0 Å². The predicted molar refractivity (Wildman–Crippen MR) is 59.5 cm³/mol. The average molecular weight is 203 g/mol. The summed E-state index contributed by atoms with van der Waals surface area (Å²) >= 11 is 2.00. The first-order chi connectivity index (χ1) is 6.43. The maximum absolute atomic E-state index is 5.78. The second-order valence-corrected chi connectivity index (χ2v) is 4.76. The summed E-state index contributed by atoms with van der Waals surface area (Å²) in [5, 5.41) is 3.34. The van der Waals surface area contributed by atoms with Crippen molar-refractivity contribution in [1.29, 1.82) is 0 Å². The van der Waals surface area contributed by atoms with Gasteiger partial charge in [-0.1, -0.05) is 6.92 Å². The van der Waals surface area contributed by atoms with E-state index in [-0.39, 0.29) is 0 Å². The van der Waals surface area contributed by atoms with Gasteiger partial charge in [0.15, 0.2) is 0 Å². The molecule has 0 aromatic rings. The molecule has 0 aliphatic carbocycles. The first kappa shape index (κ1) is 11.3. The van der Waals surface area contributed by atoms with Gasteiger partial charge in [-0.2, -0.15) is 11.8 Å². The van der Waals surface area contributed by atoms with Crippen molar-refractivity contribution in [3.8, 4) is 0 Å². The Bertz CT molecular complexity index is 115. The van der Waals surface area contributed by atoms with Crippen LogP contribution in [0.25, 0.3) is 0 Å². The fourth-order valence-corrected chi connectivity index (χ4v) is 2.13. The third-order valence-electron chi connectivity index (χ3n) is 2.28. The molecule has 1 heterocycles. The molecule has 0 unspecified atom stereocenters. The molecule has 1 N–H and O–H groups in total. The molecule has 0 spiro atoms. The zero-order valence-electron chi connectivity index (χ0n) is 8.55. The van der Waals surface area contributed by atoms with Crippen LogP contribution in [0.2, 0.25) is 0 Å². The number of nitrogens with one attached hydrogen (secondary N) is 1. The van der Waals surface area contributed by atoms with Crippen molar-refractivity contribution >= 4 is 11.8 Å². The highest BCUT2D eigenvalue weighted by Crippen LogP contribution is 2.08. The molecule has 0 saturated carbocycles. The summed E-state index contributed by atoms with van der Waals surface area (Å²) in [6.07, 6.45) is 4.14. The second-order valence-electron chi connectivity index (χ2n) is 3.37. The van der Waals surface area contributed by atoms with Crippen molar-refractivity contribution in [2.24, 2.45) is 0 Å². The van der Waals surface area contributed by atoms with Crippen molar-refractivity contribution in [2.45, 2.75) is 32.3 Å². The van der Waals surface area contributed by atoms with E-state index in [2.05, 4.69) is 12.2 Å². The van der Waals surface area contributed by atoms with Crippen LogP contribution < -0.4 is 5.32 Å². The summed E-state index contributed by atoms with van der Waals surface area (Å²) in [5.41, 5.74) is 0. The molecule has 13 heavy (non-hydrogen) atoms. The second kappa shape index (κ2) is 7.65. The summed E-state index contributed by atoms with van der Waals surface area (Å²) < 4.78 is 5.78. The number of hydrogen-bond donors (Lipinski definition) is 1. The van der Waals surface area contributed by atoms with E-state index in [1.807, 2.05) is 11.8 Å². The molecule has 1 rings (SSSR count). The summed E-state index contributed by atoms with van der Waals surface area (Å²) in [4.78, 5) is 0. The molecule has 1 saturated heterocycles. The van der Waals surface area contributed by atoms with Crippen LogP contribution in [0.4, 0.5) is 0 Å². The minimum absolute atomic E-state index is 0.535. The minimum Gasteiger partial charge on any atom is -0.378 e. The molecular formula is C10H21NOS. The van der Waals surface area contributed by atoms with E-state index in [1.54, 1.807) is 0 Å². The summed E-state index contributed by atoms with van der Waals surface area (Å²) in [5.74, 6) is 2.48. The van der Waals surface area contributed by atoms with Gasteiger partial charge in [-0.25, -0.2) is 0 Å². The quantitative estimate of drug-likeness (QED) is 0.666. The molecule has 2 nitrogen and oxygen atoms in total. The van der Waals surface area contributed by atoms with Crippen LogP contribution in [0.5, 0.6) is 0 Å². The number of rotatable bonds is 6. The lowest BCUT2D eigenvalue weighted by molar-refractivity contribution is 0.0338. The molecular weight excluding hydrogens is 182 g/mol. The maximum Gasteiger partial charge on any atom is 0.0599 e. The van der Waals surface area contributed by atoms with Gasteiger partial charge in [0.1, 0.15) is 0 Å². The lowest BCUT2D eigenvalue weighted by atomic mass is 10.1. The lowest BCUT2D eigenvalue weighted by Crippen LogP contribution is -2.32. The molecule has 0 bridgehead atoms. The Hall–Kier alpha value is 0.270. The smallest absolute Gasteiger partial charge is 0.0599 e. The highest BCUT2D eigenvalue weighted by atomic mass is 32.2. The Morgan fingerprint density at radius 3 is 2.85 bits per heavy atom. The molecule has 0 radical (unpaired) electrons. The van der Waals surface area contributed by atoms with Crippen LogP contribution in [-0.2, 0) is 4.74 Å². The van der Waals surface area contributed by atoms with Crippen molar-refractivity contribution in [3.05, 3.63) is 0 Å². The van der Waals surface area contributed by atoms with E-state index in [4.69, 9.17) is 4.74 Å². The van der Waals surface area contributed by atoms with E-state index >= 15 is 0 Å². The van der Waals surface area contributed by atoms with Crippen molar-refractivity contribution in [2.75, 3.05) is 31.2 Å². The molecule has 1 aliphatic rings. The maximum atomic E-state index is 5.78. The highest BCUT2D eigenvalue weighted by Gasteiger charge is 2.12. The number of ether oxygens (including phenoxy) is 1. The Morgan fingerprint density at radius 2 is 2.15 bits per heavy atom. The Balaban J connectivity index is 1.86. The van der Waals surface area contributed by atoms with E-state index in [0.29, 0.717) is 6.10 Å². The Kier molecular flexibility index (Phi) is 6.68. The summed E-state index contributed by atoms with van der Waals surface area (Å²) in [6, 6.07) is 0. The third-order valence-corrected chi connectivity index (χ3v) is 3.26. The minimum atomic E-state index is 0.535. The van der Waals surface area contributed by atoms with Gasteiger partial charge >= 0.3 is 0 Å². The number of thioether (sulfide) groups is 1. The van der Waals surface area contributed by atoms with Crippen molar-refractivity contribution < 1.29 is 4.74 Å². The molecule has 1 fully saturated rings.